The molecule has 3 heteroatoms. The molecule has 0 aromatic heterocycles. The zero-order valence-electron chi connectivity index (χ0n) is 12.9. The standard InChI is InChI=1S/C18H22BrNO/c1-4-20-11-15-8-9-16(17(19)10-15)12-21-18-7-5-6-13(2)14(18)3/h5-10,20H,4,11-12H2,1-3H3. The Bertz CT molecular complexity index is 610. The van der Waals surface area contributed by atoms with Crippen molar-refractivity contribution in [3.63, 3.8) is 0 Å². The van der Waals surface area contributed by atoms with E-state index in [2.05, 4.69) is 66.3 Å². The van der Waals surface area contributed by atoms with Gasteiger partial charge in [-0.2, -0.15) is 0 Å². The van der Waals surface area contributed by atoms with Crippen LogP contribution in [0.15, 0.2) is 40.9 Å². The van der Waals surface area contributed by atoms with E-state index in [4.69, 9.17) is 4.74 Å². The van der Waals surface area contributed by atoms with Crippen LogP contribution in [0.25, 0.3) is 0 Å². The fraction of sp³-hybridized carbons (Fsp3) is 0.333. The van der Waals surface area contributed by atoms with Crippen molar-refractivity contribution in [3.8, 4) is 5.75 Å². The van der Waals surface area contributed by atoms with Gasteiger partial charge in [-0.05, 0) is 49.2 Å². The second-order valence-corrected chi connectivity index (χ2v) is 6.05. The van der Waals surface area contributed by atoms with Crippen molar-refractivity contribution in [2.75, 3.05) is 6.54 Å². The Morgan fingerprint density at radius 3 is 2.67 bits per heavy atom. The molecule has 0 atom stereocenters. The third kappa shape index (κ3) is 4.32. The molecule has 0 unspecified atom stereocenters. The molecule has 0 radical (unpaired) electrons. The van der Waals surface area contributed by atoms with Crippen LogP contribution in [0.2, 0.25) is 0 Å². The lowest BCUT2D eigenvalue weighted by atomic mass is 10.1. The van der Waals surface area contributed by atoms with Crippen LogP contribution >= 0.6 is 15.9 Å². The largest absolute Gasteiger partial charge is 0.489 e. The molecule has 0 aliphatic rings. The summed E-state index contributed by atoms with van der Waals surface area (Å²) in [6.07, 6.45) is 0. The number of benzene rings is 2. The molecule has 0 amide bonds. The highest BCUT2D eigenvalue weighted by Crippen LogP contribution is 2.24. The smallest absolute Gasteiger partial charge is 0.122 e. The van der Waals surface area contributed by atoms with Gasteiger partial charge < -0.3 is 10.1 Å². The van der Waals surface area contributed by atoms with Gasteiger partial charge in [0.25, 0.3) is 0 Å². The average molecular weight is 348 g/mol. The first-order chi connectivity index (χ1) is 10.1. The van der Waals surface area contributed by atoms with Crippen molar-refractivity contribution < 1.29 is 4.74 Å². The van der Waals surface area contributed by atoms with Gasteiger partial charge in [0.2, 0.25) is 0 Å². The Morgan fingerprint density at radius 2 is 1.95 bits per heavy atom. The lowest BCUT2D eigenvalue weighted by molar-refractivity contribution is 0.303. The fourth-order valence-corrected chi connectivity index (χ4v) is 2.66. The SMILES string of the molecule is CCNCc1ccc(COc2cccc(C)c2C)c(Br)c1. The predicted octanol–water partition coefficient (Wildman–Crippen LogP) is 4.75. The minimum absolute atomic E-state index is 0.576. The molecule has 0 saturated carbocycles. The second kappa shape index (κ2) is 7.62. The molecule has 0 aliphatic carbocycles. The molecule has 2 nitrogen and oxygen atoms in total. The van der Waals surface area contributed by atoms with E-state index >= 15 is 0 Å². The van der Waals surface area contributed by atoms with Crippen LogP contribution in [0.4, 0.5) is 0 Å². The Hall–Kier alpha value is -1.32. The van der Waals surface area contributed by atoms with Gasteiger partial charge in [0.1, 0.15) is 12.4 Å². The summed E-state index contributed by atoms with van der Waals surface area (Å²) in [6.45, 7) is 8.77. The fourth-order valence-electron chi connectivity index (χ4n) is 2.12. The van der Waals surface area contributed by atoms with Crippen molar-refractivity contribution in [1.82, 2.24) is 5.32 Å². The molecule has 0 saturated heterocycles. The Balaban J connectivity index is 2.04. The van der Waals surface area contributed by atoms with Gasteiger partial charge >= 0.3 is 0 Å². The third-order valence-electron chi connectivity index (χ3n) is 3.63. The average Bonchev–Trinajstić information content (AvgIpc) is 2.48. The predicted molar refractivity (Wildman–Crippen MR) is 91.8 cm³/mol. The van der Waals surface area contributed by atoms with Crippen LogP contribution in [0.3, 0.4) is 0 Å². The van der Waals surface area contributed by atoms with Gasteiger partial charge in [0, 0.05) is 16.6 Å². The number of nitrogens with one attached hydrogen (secondary N) is 1. The molecule has 0 spiro atoms. The molecule has 21 heavy (non-hydrogen) atoms. The van der Waals surface area contributed by atoms with Crippen LogP contribution in [0, 0.1) is 13.8 Å². The molecule has 2 aromatic rings. The van der Waals surface area contributed by atoms with Gasteiger partial charge in [-0.25, -0.2) is 0 Å². The summed E-state index contributed by atoms with van der Waals surface area (Å²) in [5.41, 5.74) is 4.90. The molecule has 0 fully saturated rings. The lowest BCUT2D eigenvalue weighted by Crippen LogP contribution is -2.11. The van der Waals surface area contributed by atoms with Crippen LogP contribution in [0.1, 0.15) is 29.2 Å². The van der Waals surface area contributed by atoms with E-state index in [0.29, 0.717) is 6.61 Å². The van der Waals surface area contributed by atoms with Gasteiger partial charge in [-0.15, -0.1) is 0 Å². The zero-order chi connectivity index (χ0) is 15.2. The monoisotopic (exact) mass is 347 g/mol. The molecule has 2 rings (SSSR count). The lowest BCUT2D eigenvalue weighted by Gasteiger charge is -2.12. The number of hydrogen-bond donors (Lipinski definition) is 1. The van der Waals surface area contributed by atoms with Crippen molar-refractivity contribution in [2.45, 2.75) is 33.9 Å². The van der Waals surface area contributed by atoms with Gasteiger partial charge in [-0.1, -0.05) is 47.1 Å². The van der Waals surface area contributed by atoms with Crippen molar-refractivity contribution in [3.05, 3.63) is 63.1 Å². The number of ether oxygens (including phenoxy) is 1. The van der Waals surface area contributed by atoms with Crippen LogP contribution < -0.4 is 10.1 Å². The highest BCUT2D eigenvalue weighted by molar-refractivity contribution is 9.10. The van der Waals surface area contributed by atoms with Crippen molar-refractivity contribution in [1.29, 1.82) is 0 Å². The second-order valence-electron chi connectivity index (χ2n) is 5.19. The Kier molecular flexibility index (Phi) is 5.83. The summed E-state index contributed by atoms with van der Waals surface area (Å²) >= 11 is 3.64. The first-order valence-corrected chi connectivity index (χ1v) is 8.08. The maximum Gasteiger partial charge on any atom is 0.122 e. The maximum absolute atomic E-state index is 5.96. The summed E-state index contributed by atoms with van der Waals surface area (Å²) in [4.78, 5) is 0. The quantitative estimate of drug-likeness (QED) is 0.813. The van der Waals surface area contributed by atoms with Crippen LogP contribution in [-0.4, -0.2) is 6.54 Å². The number of hydrogen-bond acceptors (Lipinski definition) is 2. The summed E-state index contributed by atoms with van der Waals surface area (Å²) in [6, 6.07) is 12.6. The molecular formula is C18H22BrNO. The van der Waals surface area contributed by atoms with E-state index in [-0.39, 0.29) is 0 Å². The van der Waals surface area contributed by atoms with Gasteiger partial charge in [-0.3, -0.25) is 0 Å². The van der Waals surface area contributed by atoms with E-state index in [1.165, 1.54) is 16.7 Å². The topological polar surface area (TPSA) is 21.3 Å². The first kappa shape index (κ1) is 16.1. The summed E-state index contributed by atoms with van der Waals surface area (Å²) in [5.74, 6) is 0.957. The molecule has 1 N–H and O–H groups in total. The summed E-state index contributed by atoms with van der Waals surface area (Å²) in [7, 11) is 0. The molecular weight excluding hydrogens is 326 g/mol. The minimum atomic E-state index is 0.576. The summed E-state index contributed by atoms with van der Waals surface area (Å²) in [5, 5.41) is 3.33. The van der Waals surface area contributed by atoms with E-state index in [1.807, 2.05) is 12.1 Å². The molecule has 0 bridgehead atoms. The van der Waals surface area contributed by atoms with E-state index < -0.39 is 0 Å². The molecule has 0 aliphatic heterocycles. The number of halogens is 1. The van der Waals surface area contributed by atoms with Crippen LogP contribution in [0.5, 0.6) is 5.75 Å². The Morgan fingerprint density at radius 1 is 1.14 bits per heavy atom. The Labute approximate surface area is 135 Å². The minimum Gasteiger partial charge on any atom is -0.489 e. The highest BCUT2D eigenvalue weighted by Gasteiger charge is 2.05. The molecule has 0 heterocycles. The van der Waals surface area contributed by atoms with E-state index in [0.717, 1.165) is 28.9 Å². The van der Waals surface area contributed by atoms with Gasteiger partial charge in [0.05, 0.1) is 0 Å². The summed E-state index contributed by atoms with van der Waals surface area (Å²) < 4.78 is 7.06. The van der Waals surface area contributed by atoms with E-state index in [1.54, 1.807) is 0 Å². The third-order valence-corrected chi connectivity index (χ3v) is 4.37. The number of aryl methyl sites for hydroxylation is 1. The normalized spacial score (nSPS) is 10.7. The van der Waals surface area contributed by atoms with Crippen molar-refractivity contribution >= 4 is 15.9 Å². The van der Waals surface area contributed by atoms with Crippen molar-refractivity contribution in [2.24, 2.45) is 0 Å². The number of rotatable bonds is 6. The maximum atomic E-state index is 5.96. The first-order valence-electron chi connectivity index (χ1n) is 7.29. The van der Waals surface area contributed by atoms with E-state index in [9.17, 15) is 0 Å². The molecule has 2 aromatic carbocycles. The van der Waals surface area contributed by atoms with Crippen LogP contribution in [-0.2, 0) is 13.2 Å². The highest BCUT2D eigenvalue weighted by atomic mass is 79.9. The molecule has 112 valence electrons. The van der Waals surface area contributed by atoms with Gasteiger partial charge in [0.15, 0.2) is 0 Å². The zero-order valence-corrected chi connectivity index (χ0v) is 14.5.